The molecule has 2 unspecified atom stereocenters. The van der Waals surface area contributed by atoms with Gasteiger partial charge >= 0.3 is 6.03 Å². The number of carbonyl (C=O) groups is 1. The predicted octanol–water partition coefficient (Wildman–Crippen LogP) is 2.44. The van der Waals surface area contributed by atoms with Crippen LogP contribution in [0.25, 0.3) is 0 Å². The van der Waals surface area contributed by atoms with Crippen LogP contribution in [0.5, 0.6) is 0 Å². The number of allylic oxidation sites excluding steroid dienone is 1. The molecule has 0 aromatic rings. The minimum atomic E-state index is -0.0769. The molecular weight excluding hydrogens is 240 g/mol. The molecule has 0 fully saturated rings. The van der Waals surface area contributed by atoms with Crippen LogP contribution in [0.2, 0.25) is 0 Å². The van der Waals surface area contributed by atoms with E-state index >= 15 is 0 Å². The lowest BCUT2D eigenvalue weighted by molar-refractivity contribution is 0.222. The minimum Gasteiger partial charge on any atom is -0.396 e. The number of carbonyl (C=O) groups excluding carboxylic acids is 1. The van der Waals surface area contributed by atoms with Crippen molar-refractivity contribution in [1.82, 2.24) is 10.6 Å². The van der Waals surface area contributed by atoms with Gasteiger partial charge in [0, 0.05) is 19.2 Å². The first-order valence-electron chi connectivity index (χ1n) is 7.42. The Morgan fingerprint density at radius 2 is 2.21 bits per heavy atom. The van der Waals surface area contributed by atoms with Crippen molar-refractivity contribution in [2.45, 2.75) is 52.0 Å². The minimum absolute atomic E-state index is 0.0769. The van der Waals surface area contributed by atoms with Crippen molar-refractivity contribution >= 4 is 6.03 Å². The molecule has 1 aliphatic carbocycles. The highest BCUT2D eigenvalue weighted by Gasteiger charge is 2.15. The number of nitrogens with one attached hydrogen (secondary N) is 2. The summed E-state index contributed by atoms with van der Waals surface area (Å²) in [6.07, 6.45) is 9.08. The number of amides is 2. The molecule has 0 radical (unpaired) electrons. The van der Waals surface area contributed by atoms with E-state index < -0.39 is 0 Å². The molecule has 4 nitrogen and oxygen atoms in total. The fourth-order valence-electron chi connectivity index (χ4n) is 2.55. The molecule has 0 saturated carbocycles. The first-order valence-corrected chi connectivity index (χ1v) is 7.42. The lowest BCUT2D eigenvalue weighted by Crippen LogP contribution is -2.44. The van der Waals surface area contributed by atoms with Crippen molar-refractivity contribution in [3.8, 4) is 0 Å². The van der Waals surface area contributed by atoms with E-state index in [4.69, 9.17) is 5.11 Å². The van der Waals surface area contributed by atoms with Gasteiger partial charge < -0.3 is 15.7 Å². The number of rotatable bonds is 7. The molecule has 0 heterocycles. The second kappa shape index (κ2) is 8.97. The number of hydrogen-bond acceptors (Lipinski definition) is 2. The smallest absolute Gasteiger partial charge is 0.315 e. The number of aliphatic hydroxyl groups excluding tert-OH is 1. The SMILES string of the molecule is CC(C)CC(CCO)CNC(=O)NC1CC=CCC1. The third-order valence-corrected chi connectivity index (χ3v) is 3.50. The van der Waals surface area contributed by atoms with Crippen LogP contribution in [-0.2, 0) is 0 Å². The standard InChI is InChI=1S/C15H28N2O2/c1-12(2)10-13(8-9-18)11-16-15(19)17-14-6-4-3-5-7-14/h3-4,12-14,18H,5-11H2,1-2H3,(H2,16,17,19). The summed E-state index contributed by atoms with van der Waals surface area (Å²) in [6, 6.07) is 0.193. The monoisotopic (exact) mass is 268 g/mol. The Labute approximate surface area is 116 Å². The number of urea groups is 1. The Bertz CT molecular complexity index is 290. The quantitative estimate of drug-likeness (QED) is 0.621. The van der Waals surface area contributed by atoms with E-state index in [-0.39, 0.29) is 18.7 Å². The van der Waals surface area contributed by atoms with Gasteiger partial charge in [-0.05, 0) is 43.9 Å². The highest BCUT2D eigenvalue weighted by Crippen LogP contribution is 2.14. The molecule has 0 saturated heterocycles. The molecular formula is C15H28N2O2. The highest BCUT2D eigenvalue weighted by atomic mass is 16.3. The summed E-state index contributed by atoms with van der Waals surface area (Å²) >= 11 is 0. The van der Waals surface area contributed by atoms with Crippen LogP contribution < -0.4 is 10.6 Å². The van der Waals surface area contributed by atoms with E-state index in [2.05, 4.69) is 36.6 Å². The molecule has 0 aromatic heterocycles. The van der Waals surface area contributed by atoms with Gasteiger partial charge in [0.15, 0.2) is 0 Å². The predicted molar refractivity (Wildman–Crippen MR) is 78.0 cm³/mol. The fourth-order valence-corrected chi connectivity index (χ4v) is 2.55. The lowest BCUT2D eigenvalue weighted by atomic mass is 9.94. The van der Waals surface area contributed by atoms with Gasteiger partial charge in [-0.25, -0.2) is 4.79 Å². The molecule has 2 amide bonds. The first kappa shape index (κ1) is 16.0. The molecule has 2 atom stereocenters. The average molecular weight is 268 g/mol. The zero-order chi connectivity index (χ0) is 14.1. The summed E-state index contributed by atoms with van der Waals surface area (Å²) in [7, 11) is 0. The van der Waals surface area contributed by atoms with Crippen molar-refractivity contribution in [2.24, 2.45) is 11.8 Å². The van der Waals surface area contributed by atoms with Gasteiger partial charge in [0.1, 0.15) is 0 Å². The van der Waals surface area contributed by atoms with Crippen LogP contribution in [-0.4, -0.2) is 30.3 Å². The Balaban J connectivity index is 2.24. The molecule has 0 aromatic carbocycles. The van der Waals surface area contributed by atoms with Crippen molar-refractivity contribution < 1.29 is 9.90 Å². The highest BCUT2D eigenvalue weighted by molar-refractivity contribution is 5.74. The van der Waals surface area contributed by atoms with Gasteiger partial charge in [0.25, 0.3) is 0 Å². The largest absolute Gasteiger partial charge is 0.396 e. The summed E-state index contributed by atoms with van der Waals surface area (Å²) in [5.74, 6) is 0.951. The maximum absolute atomic E-state index is 11.8. The molecule has 19 heavy (non-hydrogen) atoms. The van der Waals surface area contributed by atoms with Crippen molar-refractivity contribution in [3.63, 3.8) is 0 Å². The summed E-state index contributed by atoms with van der Waals surface area (Å²) in [5, 5.41) is 15.0. The normalized spacial score (nSPS) is 20.3. The number of hydrogen-bond donors (Lipinski definition) is 3. The molecule has 110 valence electrons. The van der Waals surface area contributed by atoms with Gasteiger partial charge in [0.2, 0.25) is 0 Å². The van der Waals surface area contributed by atoms with Crippen LogP contribution in [0, 0.1) is 11.8 Å². The van der Waals surface area contributed by atoms with Crippen LogP contribution in [0.3, 0.4) is 0 Å². The van der Waals surface area contributed by atoms with Gasteiger partial charge in [-0.3, -0.25) is 0 Å². The Kier molecular flexibility index (Phi) is 7.56. The van der Waals surface area contributed by atoms with Gasteiger partial charge in [-0.2, -0.15) is 0 Å². The second-order valence-electron chi connectivity index (χ2n) is 5.84. The maximum atomic E-state index is 11.8. The summed E-state index contributed by atoms with van der Waals surface area (Å²) < 4.78 is 0. The molecule has 0 bridgehead atoms. The van der Waals surface area contributed by atoms with E-state index in [0.717, 1.165) is 32.1 Å². The molecule has 1 aliphatic rings. The summed E-state index contributed by atoms with van der Waals surface area (Å²) in [6.45, 7) is 5.17. The van der Waals surface area contributed by atoms with E-state index in [1.54, 1.807) is 0 Å². The molecule has 0 aliphatic heterocycles. The molecule has 3 N–H and O–H groups in total. The zero-order valence-corrected chi connectivity index (χ0v) is 12.2. The summed E-state index contributed by atoms with van der Waals surface area (Å²) in [4.78, 5) is 11.8. The van der Waals surface area contributed by atoms with Gasteiger partial charge in [-0.15, -0.1) is 0 Å². The summed E-state index contributed by atoms with van der Waals surface area (Å²) in [5.41, 5.74) is 0. The molecule has 1 rings (SSSR count). The van der Waals surface area contributed by atoms with Crippen molar-refractivity contribution in [2.75, 3.05) is 13.2 Å². The third-order valence-electron chi connectivity index (χ3n) is 3.50. The fraction of sp³-hybridized carbons (Fsp3) is 0.800. The Morgan fingerprint density at radius 1 is 1.42 bits per heavy atom. The van der Waals surface area contributed by atoms with Crippen molar-refractivity contribution in [3.05, 3.63) is 12.2 Å². The molecule has 4 heteroatoms. The topological polar surface area (TPSA) is 61.4 Å². The van der Waals surface area contributed by atoms with Crippen LogP contribution in [0.15, 0.2) is 12.2 Å². The van der Waals surface area contributed by atoms with Gasteiger partial charge in [0.05, 0.1) is 0 Å². The Morgan fingerprint density at radius 3 is 2.79 bits per heavy atom. The van der Waals surface area contributed by atoms with Crippen LogP contribution >= 0.6 is 0 Å². The van der Waals surface area contributed by atoms with Crippen molar-refractivity contribution in [1.29, 1.82) is 0 Å². The molecule has 0 spiro atoms. The first-order chi connectivity index (χ1) is 9.11. The second-order valence-corrected chi connectivity index (χ2v) is 5.84. The maximum Gasteiger partial charge on any atom is 0.315 e. The Hall–Kier alpha value is -1.03. The lowest BCUT2D eigenvalue weighted by Gasteiger charge is -2.22. The van der Waals surface area contributed by atoms with Gasteiger partial charge in [-0.1, -0.05) is 26.0 Å². The zero-order valence-electron chi connectivity index (χ0n) is 12.2. The van der Waals surface area contributed by atoms with Crippen LogP contribution in [0.1, 0.15) is 46.0 Å². The number of aliphatic hydroxyl groups is 1. The van der Waals surface area contributed by atoms with Crippen LogP contribution in [0.4, 0.5) is 4.79 Å². The van der Waals surface area contributed by atoms with E-state index in [9.17, 15) is 4.79 Å². The van der Waals surface area contributed by atoms with E-state index in [0.29, 0.717) is 18.4 Å². The van der Waals surface area contributed by atoms with E-state index in [1.165, 1.54) is 0 Å². The van der Waals surface area contributed by atoms with E-state index in [1.807, 2.05) is 0 Å². The third kappa shape index (κ3) is 7.21. The average Bonchev–Trinajstić information content (AvgIpc) is 2.37.